The van der Waals surface area contributed by atoms with Gasteiger partial charge in [-0.2, -0.15) is 5.26 Å². The van der Waals surface area contributed by atoms with Crippen molar-refractivity contribution < 1.29 is 0 Å². The van der Waals surface area contributed by atoms with Crippen LogP contribution in [0.25, 0.3) is 0 Å². The van der Waals surface area contributed by atoms with E-state index in [2.05, 4.69) is 21.9 Å². The Balaban J connectivity index is 1.68. The van der Waals surface area contributed by atoms with E-state index in [1.54, 1.807) is 0 Å². The Kier molecular flexibility index (Phi) is 3.31. The molecular formula is C15H19N3. The van der Waals surface area contributed by atoms with Crippen LogP contribution in [0.5, 0.6) is 0 Å². The Hall–Kier alpha value is -1.37. The minimum atomic E-state index is 0.757. The maximum atomic E-state index is 9.12. The van der Waals surface area contributed by atoms with E-state index in [4.69, 9.17) is 5.26 Å². The molecule has 2 heterocycles. The maximum absolute atomic E-state index is 9.12. The molecule has 0 radical (unpaired) electrons. The first-order valence-electron chi connectivity index (χ1n) is 6.81. The SMILES string of the molecule is N#Cc1ccccc1CN1CCN2CCCC2C1. The first-order valence-corrected chi connectivity index (χ1v) is 6.81. The smallest absolute Gasteiger partial charge is 0.0995 e. The molecule has 2 aliphatic heterocycles. The Morgan fingerprint density at radius 3 is 3.00 bits per heavy atom. The molecule has 0 saturated carbocycles. The number of nitrogens with zero attached hydrogens (tertiary/aromatic N) is 3. The van der Waals surface area contributed by atoms with Gasteiger partial charge >= 0.3 is 0 Å². The average molecular weight is 241 g/mol. The van der Waals surface area contributed by atoms with Crippen LogP contribution in [0.1, 0.15) is 24.0 Å². The average Bonchev–Trinajstić information content (AvgIpc) is 2.87. The van der Waals surface area contributed by atoms with Crippen LogP contribution in [-0.4, -0.2) is 42.0 Å². The molecule has 1 atom stereocenters. The number of nitriles is 1. The summed E-state index contributed by atoms with van der Waals surface area (Å²) in [6, 6.07) is 11.0. The van der Waals surface area contributed by atoms with Gasteiger partial charge in [0.25, 0.3) is 0 Å². The van der Waals surface area contributed by atoms with Crippen LogP contribution in [-0.2, 0) is 6.54 Å². The molecule has 2 aliphatic rings. The monoisotopic (exact) mass is 241 g/mol. The highest BCUT2D eigenvalue weighted by Crippen LogP contribution is 2.23. The van der Waals surface area contributed by atoms with Gasteiger partial charge in [0, 0.05) is 32.2 Å². The van der Waals surface area contributed by atoms with Crippen LogP contribution in [0.4, 0.5) is 0 Å². The van der Waals surface area contributed by atoms with Crippen molar-refractivity contribution in [1.29, 1.82) is 5.26 Å². The first kappa shape index (κ1) is 11.7. The molecule has 0 aliphatic carbocycles. The van der Waals surface area contributed by atoms with Crippen molar-refractivity contribution in [3.8, 4) is 6.07 Å². The highest BCUT2D eigenvalue weighted by molar-refractivity contribution is 5.37. The van der Waals surface area contributed by atoms with Gasteiger partial charge in [-0.15, -0.1) is 0 Å². The molecule has 3 rings (SSSR count). The van der Waals surface area contributed by atoms with Gasteiger partial charge in [0.15, 0.2) is 0 Å². The van der Waals surface area contributed by atoms with Crippen molar-refractivity contribution in [3.05, 3.63) is 35.4 Å². The number of rotatable bonds is 2. The van der Waals surface area contributed by atoms with E-state index in [-0.39, 0.29) is 0 Å². The quantitative estimate of drug-likeness (QED) is 0.791. The van der Waals surface area contributed by atoms with Crippen molar-refractivity contribution in [2.45, 2.75) is 25.4 Å². The van der Waals surface area contributed by atoms with Crippen LogP contribution in [0.15, 0.2) is 24.3 Å². The van der Waals surface area contributed by atoms with Crippen molar-refractivity contribution >= 4 is 0 Å². The predicted molar refractivity (Wildman–Crippen MR) is 71.0 cm³/mol. The summed E-state index contributed by atoms with van der Waals surface area (Å²) in [4.78, 5) is 5.12. The van der Waals surface area contributed by atoms with E-state index in [9.17, 15) is 0 Å². The zero-order valence-electron chi connectivity index (χ0n) is 10.7. The fraction of sp³-hybridized carbons (Fsp3) is 0.533. The van der Waals surface area contributed by atoms with Crippen molar-refractivity contribution in [1.82, 2.24) is 9.80 Å². The predicted octanol–water partition coefficient (Wildman–Crippen LogP) is 1.84. The van der Waals surface area contributed by atoms with Crippen molar-refractivity contribution in [2.24, 2.45) is 0 Å². The van der Waals surface area contributed by atoms with Crippen molar-refractivity contribution in [3.63, 3.8) is 0 Å². The standard InChI is InChI=1S/C15H19N3/c16-10-13-4-1-2-5-14(13)11-17-8-9-18-7-3-6-15(18)12-17/h1-2,4-5,15H,3,6-9,11-12H2. The molecule has 94 valence electrons. The third-order valence-electron chi connectivity index (χ3n) is 4.20. The molecule has 0 aromatic heterocycles. The van der Waals surface area contributed by atoms with Gasteiger partial charge in [0.2, 0.25) is 0 Å². The molecule has 3 heteroatoms. The summed E-state index contributed by atoms with van der Waals surface area (Å²) in [6.07, 6.45) is 2.70. The van der Waals surface area contributed by atoms with Gasteiger partial charge in [-0.05, 0) is 31.0 Å². The highest BCUT2D eigenvalue weighted by atomic mass is 15.3. The minimum absolute atomic E-state index is 0.757. The Labute approximate surface area is 109 Å². The third-order valence-corrected chi connectivity index (χ3v) is 4.20. The summed E-state index contributed by atoms with van der Waals surface area (Å²) in [5, 5.41) is 9.12. The van der Waals surface area contributed by atoms with E-state index >= 15 is 0 Å². The summed E-state index contributed by atoms with van der Waals surface area (Å²) >= 11 is 0. The lowest BCUT2D eigenvalue weighted by atomic mass is 10.1. The summed E-state index contributed by atoms with van der Waals surface area (Å²) in [5.74, 6) is 0. The number of benzene rings is 1. The van der Waals surface area contributed by atoms with E-state index in [1.807, 2.05) is 18.2 Å². The van der Waals surface area contributed by atoms with Gasteiger partial charge in [0.05, 0.1) is 11.6 Å². The molecule has 0 bridgehead atoms. The van der Waals surface area contributed by atoms with Crippen LogP contribution in [0.2, 0.25) is 0 Å². The lowest BCUT2D eigenvalue weighted by Crippen LogP contribution is -2.49. The van der Waals surface area contributed by atoms with E-state index in [0.717, 1.165) is 24.7 Å². The Bertz CT molecular complexity index is 463. The number of hydrogen-bond donors (Lipinski definition) is 0. The number of hydrogen-bond acceptors (Lipinski definition) is 3. The zero-order chi connectivity index (χ0) is 12.4. The molecule has 0 N–H and O–H groups in total. The Morgan fingerprint density at radius 2 is 2.11 bits per heavy atom. The molecule has 0 amide bonds. The summed E-state index contributed by atoms with van der Waals surface area (Å²) in [7, 11) is 0. The molecule has 1 aromatic rings. The van der Waals surface area contributed by atoms with E-state index in [0.29, 0.717) is 0 Å². The minimum Gasteiger partial charge on any atom is -0.298 e. The van der Waals surface area contributed by atoms with Gasteiger partial charge in [0.1, 0.15) is 0 Å². The zero-order valence-corrected chi connectivity index (χ0v) is 10.7. The second-order valence-corrected chi connectivity index (χ2v) is 5.34. The summed E-state index contributed by atoms with van der Waals surface area (Å²) in [5.41, 5.74) is 2.00. The van der Waals surface area contributed by atoms with Crippen LogP contribution in [0.3, 0.4) is 0 Å². The van der Waals surface area contributed by atoms with E-state index < -0.39 is 0 Å². The highest BCUT2D eigenvalue weighted by Gasteiger charge is 2.30. The van der Waals surface area contributed by atoms with Crippen LogP contribution in [0, 0.1) is 11.3 Å². The molecule has 18 heavy (non-hydrogen) atoms. The second-order valence-electron chi connectivity index (χ2n) is 5.34. The lowest BCUT2D eigenvalue weighted by Gasteiger charge is -2.37. The molecular weight excluding hydrogens is 222 g/mol. The van der Waals surface area contributed by atoms with Crippen molar-refractivity contribution in [2.75, 3.05) is 26.2 Å². The molecule has 1 unspecified atom stereocenters. The van der Waals surface area contributed by atoms with Gasteiger partial charge in [-0.3, -0.25) is 9.80 Å². The fourth-order valence-electron chi connectivity index (χ4n) is 3.21. The number of piperazine rings is 1. The summed E-state index contributed by atoms with van der Waals surface area (Å²) in [6.45, 7) is 5.71. The van der Waals surface area contributed by atoms with Gasteiger partial charge in [-0.25, -0.2) is 0 Å². The maximum Gasteiger partial charge on any atom is 0.0995 e. The molecule has 2 fully saturated rings. The van der Waals surface area contributed by atoms with E-state index in [1.165, 1.54) is 38.0 Å². The summed E-state index contributed by atoms with van der Waals surface area (Å²) < 4.78 is 0. The largest absolute Gasteiger partial charge is 0.298 e. The third kappa shape index (κ3) is 2.27. The topological polar surface area (TPSA) is 30.3 Å². The number of fused-ring (bicyclic) bond motifs is 1. The van der Waals surface area contributed by atoms with Gasteiger partial charge < -0.3 is 0 Å². The van der Waals surface area contributed by atoms with Crippen LogP contribution >= 0.6 is 0 Å². The fourth-order valence-corrected chi connectivity index (χ4v) is 3.21. The molecule has 2 saturated heterocycles. The Morgan fingerprint density at radius 1 is 1.22 bits per heavy atom. The molecule has 1 aromatic carbocycles. The molecule has 0 spiro atoms. The second kappa shape index (κ2) is 5.09. The molecule has 3 nitrogen and oxygen atoms in total. The lowest BCUT2D eigenvalue weighted by molar-refractivity contribution is 0.0993. The normalized spacial score (nSPS) is 24.7. The first-order chi connectivity index (χ1) is 8.86. The van der Waals surface area contributed by atoms with Gasteiger partial charge in [-0.1, -0.05) is 18.2 Å². The van der Waals surface area contributed by atoms with Crippen LogP contribution < -0.4 is 0 Å².